The highest BCUT2D eigenvalue weighted by Crippen LogP contribution is 2.22. The fourth-order valence-corrected chi connectivity index (χ4v) is 1.77. The summed E-state index contributed by atoms with van der Waals surface area (Å²) in [5, 5.41) is 0. The molecule has 0 amide bonds. The second-order valence-electron chi connectivity index (χ2n) is 3.78. The molecule has 0 spiro atoms. The smallest absolute Gasteiger partial charge is 0.137 e. The Balaban J connectivity index is 0.00000225. The zero-order chi connectivity index (χ0) is 11.3. The second kappa shape index (κ2) is 8.04. The summed E-state index contributed by atoms with van der Waals surface area (Å²) >= 11 is 3.13. The maximum Gasteiger partial charge on any atom is 0.137 e. The minimum absolute atomic E-state index is 0. The lowest BCUT2D eigenvalue weighted by atomic mass is 10.0. The molecule has 0 aliphatic heterocycles. The Labute approximate surface area is 111 Å². The molecule has 0 saturated heterocycles. The molecule has 0 aliphatic rings. The van der Waals surface area contributed by atoms with Crippen LogP contribution in [0.2, 0.25) is 0 Å². The SMILES string of the molecule is CCCCC[C@H](N)c1ccc(Br)c(F)c1.Cl. The highest BCUT2D eigenvalue weighted by Gasteiger charge is 2.08. The molecule has 0 radical (unpaired) electrons. The number of halogens is 3. The molecule has 1 nitrogen and oxygen atoms in total. The first kappa shape index (κ1) is 15.9. The van der Waals surface area contributed by atoms with Crippen LogP contribution in [0.5, 0.6) is 0 Å². The molecular weight excluding hydrogens is 292 g/mol. The third-order valence-electron chi connectivity index (χ3n) is 2.49. The van der Waals surface area contributed by atoms with Crippen LogP contribution in [0, 0.1) is 5.82 Å². The van der Waals surface area contributed by atoms with Gasteiger partial charge in [-0.3, -0.25) is 0 Å². The van der Waals surface area contributed by atoms with Crippen molar-refractivity contribution in [2.75, 3.05) is 0 Å². The van der Waals surface area contributed by atoms with Crippen LogP contribution < -0.4 is 5.73 Å². The number of rotatable bonds is 5. The number of hydrogen-bond acceptors (Lipinski definition) is 1. The van der Waals surface area contributed by atoms with Gasteiger partial charge in [0.1, 0.15) is 5.82 Å². The van der Waals surface area contributed by atoms with Crippen molar-refractivity contribution in [3.8, 4) is 0 Å². The van der Waals surface area contributed by atoms with E-state index in [4.69, 9.17) is 5.73 Å². The Kier molecular flexibility index (Phi) is 7.98. The first-order chi connectivity index (χ1) is 7.15. The lowest BCUT2D eigenvalue weighted by Gasteiger charge is -2.12. The normalized spacial score (nSPS) is 12.0. The zero-order valence-electron chi connectivity index (χ0n) is 9.38. The van der Waals surface area contributed by atoms with Crippen LogP contribution in [-0.4, -0.2) is 0 Å². The highest BCUT2D eigenvalue weighted by atomic mass is 79.9. The summed E-state index contributed by atoms with van der Waals surface area (Å²) in [5.74, 6) is -0.238. The predicted octanol–water partition coefficient (Wildman–Crippen LogP) is 4.59. The summed E-state index contributed by atoms with van der Waals surface area (Å²) < 4.78 is 13.7. The molecule has 1 atom stereocenters. The minimum Gasteiger partial charge on any atom is -0.324 e. The van der Waals surface area contributed by atoms with Gasteiger partial charge in [-0.05, 0) is 40.0 Å². The van der Waals surface area contributed by atoms with Crippen LogP contribution in [0.25, 0.3) is 0 Å². The van der Waals surface area contributed by atoms with Crippen molar-refractivity contribution in [3.05, 3.63) is 34.1 Å². The molecule has 0 fully saturated rings. The first-order valence-corrected chi connectivity index (χ1v) is 6.15. The van der Waals surface area contributed by atoms with E-state index < -0.39 is 0 Å². The number of hydrogen-bond donors (Lipinski definition) is 1. The minimum atomic E-state index is -0.238. The fourth-order valence-electron chi connectivity index (χ4n) is 1.52. The van der Waals surface area contributed by atoms with E-state index in [9.17, 15) is 4.39 Å². The van der Waals surface area contributed by atoms with Gasteiger partial charge in [0.05, 0.1) is 4.47 Å². The molecule has 92 valence electrons. The van der Waals surface area contributed by atoms with Gasteiger partial charge in [0, 0.05) is 6.04 Å². The summed E-state index contributed by atoms with van der Waals surface area (Å²) in [6, 6.07) is 5.06. The summed E-state index contributed by atoms with van der Waals surface area (Å²) in [4.78, 5) is 0. The molecule has 0 unspecified atom stereocenters. The van der Waals surface area contributed by atoms with E-state index in [-0.39, 0.29) is 24.3 Å². The van der Waals surface area contributed by atoms with Crippen LogP contribution in [-0.2, 0) is 0 Å². The molecule has 0 aromatic heterocycles. The largest absolute Gasteiger partial charge is 0.324 e. The molecule has 2 N–H and O–H groups in total. The van der Waals surface area contributed by atoms with Gasteiger partial charge in [-0.15, -0.1) is 12.4 Å². The van der Waals surface area contributed by atoms with E-state index in [1.54, 1.807) is 6.07 Å². The lowest BCUT2D eigenvalue weighted by Crippen LogP contribution is -2.10. The van der Waals surface area contributed by atoms with Gasteiger partial charge in [-0.2, -0.15) is 0 Å². The van der Waals surface area contributed by atoms with Gasteiger partial charge in [-0.25, -0.2) is 4.39 Å². The Bertz CT molecular complexity index is 320. The van der Waals surface area contributed by atoms with Crippen molar-refractivity contribution in [2.45, 2.75) is 38.6 Å². The molecule has 4 heteroatoms. The van der Waals surface area contributed by atoms with Crippen molar-refractivity contribution in [1.82, 2.24) is 0 Å². The number of benzene rings is 1. The topological polar surface area (TPSA) is 26.0 Å². The molecule has 0 bridgehead atoms. The fraction of sp³-hybridized carbons (Fsp3) is 0.500. The van der Waals surface area contributed by atoms with Gasteiger partial charge in [0.2, 0.25) is 0 Å². The molecule has 0 saturated carbocycles. The first-order valence-electron chi connectivity index (χ1n) is 5.35. The van der Waals surface area contributed by atoms with Crippen LogP contribution in [0.4, 0.5) is 4.39 Å². The van der Waals surface area contributed by atoms with E-state index in [1.165, 1.54) is 18.9 Å². The average Bonchev–Trinajstić information content (AvgIpc) is 2.22. The monoisotopic (exact) mass is 309 g/mol. The highest BCUT2D eigenvalue weighted by molar-refractivity contribution is 9.10. The maximum absolute atomic E-state index is 13.2. The summed E-state index contributed by atoms with van der Waals surface area (Å²) in [5.41, 5.74) is 6.85. The average molecular weight is 311 g/mol. The summed E-state index contributed by atoms with van der Waals surface area (Å²) in [6.07, 6.45) is 4.40. The quantitative estimate of drug-likeness (QED) is 0.791. The zero-order valence-corrected chi connectivity index (χ0v) is 11.8. The van der Waals surface area contributed by atoms with Gasteiger partial charge in [-0.1, -0.05) is 32.3 Å². The molecular formula is C12H18BrClFN. The maximum atomic E-state index is 13.2. The van der Waals surface area contributed by atoms with Crippen molar-refractivity contribution in [2.24, 2.45) is 5.73 Å². The second-order valence-corrected chi connectivity index (χ2v) is 4.63. The molecule has 1 aromatic carbocycles. The van der Waals surface area contributed by atoms with E-state index in [0.717, 1.165) is 18.4 Å². The Morgan fingerprint density at radius 2 is 2.06 bits per heavy atom. The van der Waals surface area contributed by atoms with Gasteiger partial charge < -0.3 is 5.73 Å². The van der Waals surface area contributed by atoms with E-state index in [0.29, 0.717) is 4.47 Å². The lowest BCUT2D eigenvalue weighted by molar-refractivity contribution is 0.571. The van der Waals surface area contributed by atoms with Crippen LogP contribution in [0.1, 0.15) is 44.2 Å². The van der Waals surface area contributed by atoms with Crippen molar-refractivity contribution in [1.29, 1.82) is 0 Å². The molecule has 1 rings (SSSR count). The van der Waals surface area contributed by atoms with Crippen LogP contribution in [0.3, 0.4) is 0 Å². The van der Waals surface area contributed by atoms with E-state index in [2.05, 4.69) is 22.9 Å². The molecule has 0 aliphatic carbocycles. The third kappa shape index (κ3) is 4.81. The Morgan fingerprint density at radius 3 is 2.62 bits per heavy atom. The number of unbranched alkanes of at least 4 members (excludes halogenated alkanes) is 2. The Hall–Kier alpha value is -0.120. The standard InChI is InChI=1S/C12H17BrFN.ClH/c1-2-3-4-5-12(15)9-6-7-10(13)11(14)8-9;/h6-8,12H,2-5,15H2,1H3;1H/t12-;/m0./s1. The van der Waals surface area contributed by atoms with Gasteiger partial charge in [0.25, 0.3) is 0 Å². The molecule has 16 heavy (non-hydrogen) atoms. The predicted molar refractivity (Wildman–Crippen MR) is 72.4 cm³/mol. The van der Waals surface area contributed by atoms with Crippen molar-refractivity contribution >= 4 is 28.3 Å². The van der Waals surface area contributed by atoms with E-state index in [1.807, 2.05) is 6.07 Å². The molecule has 0 heterocycles. The third-order valence-corrected chi connectivity index (χ3v) is 3.13. The van der Waals surface area contributed by atoms with Gasteiger partial charge >= 0.3 is 0 Å². The van der Waals surface area contributed by atoms with Crippen LogP contribution in [0.15, 0.2) is 22.7 Å². The van der Waals surface area contributed by atoms with Crippen LogP contribution >= 0.6 is 28.3 Å². The molecule has 1 aromatic rings. The summed E-state index contributed by atoms with van der Waals surface area (Å²) in [7, 11) is 0. The van der Waals surface area contributed by atoms with Gasteiger partial charge in [0.15, 0.2) is 0 Å². The number of nitrogens with two attached hydrogens (primary N) is 1. The Morgan fingerprint density at radius 1 is 1.38 bits per heavy atom. The summed E-state index contributed by atoms with van der Waals surface area (Å²) in [6.45, 7) is 2.16. The van der Waals surface area contributed by atoms with Crippen molar-refractivity contribution in [3.63, 3.8) is 0 Å². The van der Waals surface area contributed by atoms with Crippen molar-refractivity contribution < 1.29 is 4.39 Å². The van der Waals surface area contributed by atoms with E-state index >= 15 is 0 Å².